The molecule has 4 rings (SSSR count). The molecule has 1 aliphatic rings. The van der Waals surface area contributed by atoms with Gasteiger partial charge < -0.3 is 28.6 Å². The lowest BCUT2D eigenvalue weighted by Gasteiger charge is -2.38. The molecule has 0 unspecified atom stereocenters. The maximum absolute atomic E-state index is 13.9. The van der Waals surface area contributed by atoms with Crippen LogP contribution in [0.4, 0.5) is 13.2 Å². The third-order valence-corrected chi connectivity index (χ3v) is 6.47. The Kier molecular flexibility index (Phi) is 7.89. The number of benzene rings is 3. The number of methoxy groups -OCH3 is 4. The minimum Gasteiger partial charge on any atom is -0.493 e. The molecule has 0 radical (unpaired) electrons. The van der Waals surface area contributed by atoms with E-state index >= 15 is 0 Å². The molecule has 1 atom stereocenters. The van der Waals surface area contributed by atoms with Crippen molar-refractivity contribution in [1.82, 2.24) is 4.90 Å². The second-order valence-corrected chi connectivity index (χ2v) is 8.55. The summed E-state index contributed by atoms with van der Waals surface area (Å²) in [4.78, 5) is 15.5. The van der Waals surface area contributed by atoms with Crippen LogP contribution in [0.3, 0.4) is 0 Å². The SMILES string of the molecule is COc1cc2c(cc1OC)[C@@H](COc1cccc(C(F)(F)F)c1)N(C(=O)c1cccc(OC)c1OC)CC2. The lowest BCUT2D eigenvalue weighted by atomic mass is 9.91. The number of alkyl halides is 3. The summed E-state index contributed by atoms with van der Waals surface area (Å²) in [5.74, 6) is 1.40. The predicted octanol–water partition coefficient (Wildman–Crippen LogP) is 5.56. The van der Waals surface area contributed by atoms with Crippen LogP contribution in [0, 0.1) is 0 Å². The summed E-state index contributed by atoms with van der Waals surface area (Å²) in [5.41, 5.74) is 1.14. The molecule has 38 heavy (non-hydrogen) atoms. The summed E-state index contributed by atoms with van der Waals surface area (Å²) in [6.07, 6.45) is -3.99. The number of halogens is 3. The summed E-state index contributed by atoms with van der Waals surface area (Å²) >= 11 is 0. The number of carbonyl (C=O) groups is 1. The van der Waals surface area contributed by atoms with Crippen LogP contribution in [0.25, 0.3) is 0 Å². The quantitative estimate of drug-likeness (QED) is 0.379. The predicted molar refractivity (Wildman–Crippen MR) is 134 cm³/mol. The fraction of sp³-hybridized carbons (Fsp3) is 0.321. The molecule has 0 bridgehead atoms. The van der Waals surface area contributed by atoms with Gasteiger partial charge in [0, 0.05) is 6.54 Å². The van der Waals surface area contributed by atoms with Crippen molar-refractivity contribution in [2.45, 2.75) is 18.6 Å². The standard InChI is InChI=1S/C28H28F3NO6/c1-34-23-10-6-9-20(26(23)37-4)27(33)32-12-11-17-13-24(35-2)25(36-3)15-21(17)22(32)16-38-19-8-5-7-18(14-19)28(29,30)31/h5-10,13-15,22H,11-12,16H2,1-4H3/t22-/m1/s1. The average molecular weight is 532 g/mol. The molecule has 202 valence electrons. The van der Waals surface area contributed by atoms with Gasteiger partial charge in [0.2, 0.25) is 0 Å². The number of hydrogen-bond donors (Lipinski definition) is 0. The Hall–Kier alpha value is -4.08. The van der Waals surface area contributed by atoms with E-state index in [1.807, 2.05) is 6.07 Å². The van der Waals surface area contributed by atoms with Gasteiger partial charge in [0.15, 0.2) is 23.0 Å². The number of hydrogen-bond acceptors (Lipinski definition) is 6. The van der Waals surface area contributed by atoms with Crippen LogP contribution in [0.2, 0.25) is 0 Å². The van der Waals surface area contributed by atoms with Crippen molar-refractivity contribution in [3.05, 3.63) is 76.9 Å². The molecule has 3 aromatic carbocycles. The van der Waals surface area contributed by atoms with Crippen molar-refractivity contribution >= 4 is 5.91 Å². The molecule has 0 aliphatic carbocycles. The molecule has 0 N–H and O–H groups in total. The van der Waals surface area contributed by atoms with Crippen LogP contribution >= 0.6 is 0 Å². The highest BCUT2D eigenvalue weighted by Crippen LogP contribution is 2.41. The van der Waals surface area contributed by atoms with Gasteiger partial charge in [-0.25, -0.2) is 0 Å². The van der Waals surface area contributed by atoms with E-state index in [9.17, 15) is 18.0 Å². The van der Waals surface area contributed by atoms with Gasteiger partial charge in [0.1, 0.15) is 12.4 Å². The highest BCUT2D eigenvalue weighted by atomic mass is 19.4. The first-order valence-electron chi connectivity index (χ1n) is 11.8. The normalized spacial score (nSPS) is 14.9. The van der Waals surface area contributed by atoms with Gasteiger partial charge in [-0.3, -0.25) is 4.79 Å². The van der Waals surface area contributed by atoms with Crippen LogP contribution in [0.1, 0.15) is 33.1 Å². The molecule has 0 spiro atoms. The minimum absolute atomic E-state index is 0.0405. The Bertz CT molecular complexity index is 1310. The number of nitrogens with zero attached hydrogens (tertiary/aromatic N) is 1. The molecule has 0 saturated carbocycles. The zero-order valence-electron chi connectivity index (χ0n) is 21.4. The molecule has 3 aromatic rings. The Morgan fingerprint density at radius 1 is 0.895 bits per heavy atom. The lowest BCUT2D eigenvalue weighted by Crippen LogP contribution is -2.42. The number of rotatable bonds is 8. The number of fused-ring (bicyclic) bond motifs is 1. The molecule has 7 nitrogen and oxygen atoms in total. The highest BCUT2D eigenvalue weighted by molar-refractivity contribution is 5.98. The largest absolute Gasteiger partial charge is 0.493 e. The lowest BCUT2D eigenvalue weighted by molar-refractivity contribution is -0.137. The van der Waals surface area contributed by atoms with Crippen molar-refractivity contribution in [3.8, 4) is 28.7 Å². The summed E-state index contributed by atoms with van der Waals surface area (Å²) < 4.78 is 67.4. The topological polar surface area (TPSA) is 66.5 Å². The van der Waals surface area contributed by atoms with Crippen LogP contribution in [-0.2, 0) is 12.6 Å². The van der Waals surface area contributed by atoms with Crippen LogP contribution < -0.4 is 23.7 Å². The van der Waals surface area contributed by atoms with Crippen LogP contribution in [0.15, 0.2) is 54.6 Å². The van der Waals surface area contributed by atoms with Crippen molar-refractivity contribution in [2.75, 3.05) is 41.6 Å². The van der Waals surface area contributed by atoms with E-state index in [-0.39, 0.29) is 24.0 Å². The average Bonchev–Trinajstić information content (AvgIpc) is 2.93. The first kappa shape index (κ1) is 27.0. The van der Waals surface area contributed by atoms with Gasteiger partial charge in [-0.05, 0) is 60.0 Å². The fourth-order valence-corrected chi connectivity index (χ4v) is 4.60. The zero-order chi connectivity index (χ0) is 27.4. The van der Waals surface area contributed by atoms with Crippen molar-refractivity contribution in [3.63, 3.8) is 0 Å². The van der Waals surface area contributed by atoms with E-state index in [0.29, 0.717) is 35.8 Å². The summed E-state index contributed by atoms with van der Waals surface area (Å²) in [7, 11) is 5.97. The molecule has 0 fully saturated rings. The van der Waals surface area contributed by atoms with Crippen molar-refractivity contribution in [1.29, 1.82) is 0 Å². The molecule has 0 aromatic heterocycles. The smallest absolute Gasteiger partial charge is 0.416 e. The van der Waals surface area contributed by atoms with E-state index in [4.69, 9.17) is 23.7 Å². The molecule has 1 heterocycles. The Balaban J connectivity index is 1.74. The molecule has 1 amide bonds. The minimum atomic E-state index is -4.51. The van der Waals surface area contributed by atoms with Gasteiger partial charge in [0.05, 0.1) is 45.6 Å². The van der Waals surface area contributed by atoms with Crippen molar-refractivity contribution < 1.29 is 41.7 Å². The summed E-state index contributed by atoms with van der Waals surface area (Å²) in [6.45, 7) is 0.236. The Morgan fingerprint density at radius 2 is 1.58 bits per heavy atom. The molecule has 0 saturated heterocycles. The second kappa shape index (κ2) is 11.1. The van der Waals surface area contributed by atoms with Crippen LogP contribution in [0.5, 0.6) is 28.7 Å². The zero-order valence-corrected chi connectivity index (χ0v) is 21.4. The maximum Gasteiger partial charge on any atom is 0.416 e. The van der Waals surface area contributed by atoms with Crippen molar-refractivity contribution in [2.24, 2.45) is 0 Å². The monoisotopic (exact) mass is 531 g/mol. The number of para-hydroxylation sites is 1. The maximum atomic E-state index is 13.9. The van der Waals surface area contributed by atoms with E-state index < -0.39 is 17.8 Å². The van der Waals surface area contributed by atoms with Gasteiger partial charge in [0.25, 0.3) is 5.91 Å². The molecule has 1 aliphatic heterocycles. The van der Waals surface area contributed by atoms with Gasteiger partial charge >= 0.3 is 6.18 Å². The van der Waals surface area contributed by atoms with Gasteiger partial charge in [-0.1, -0.05) is 12.1 Å². The van der Waals surface area contributed by atoms with Gasteiger partial charge in [-0.2, -0.15) is 13.2 Å². The number of carbonyl (C=O) groups excluding carboxylic acids is 1. The number of ether oxygens (including phenoxy) is 5. The Labute approximate surface area is 218 Å². The third-order valence-electron chi connectivity index (χ3n) is 6.47. The first-order valence-corrected chi connectivity index (χ1v) is 11.8. The van der Waals surface area contributed by atoms with E-state index in [0.717, 1.165) is 23.3 Å². The first-order chi connectivity index (χ1) is 18.2. The summed E-state index contributed by atoms with van der Waals surface area (Å²) in [5, 5.41) is 0. The molecule has 10 heteroatoms. The molecular weight excluding hydrogens is 503 g/mol. The van der Waals surface area contributed by atoms with Gasteiger partial charge in [-0.15, -0.1) is 0 Å². The van der Waals surface area contributed by atoms with Crippen LogP contribution in [-0.4, -0.2) is 52.4 Å². The highest BCUT2D eigenvalue weighted by Gasteiger charge is 2.35. The van der Waals surface area contributed by atoms with E-state index in [1.54, 1.807) is 29.2 Å². The van der Waals surface area contributed by atoms with E-state index in [1.165, 1.54) is 40.6 Å². The number of amides is 1. The molecular formula is C28H28F3NO6. The third kappa shape index (κ3) is 5.29. The Morgan fingerprint density at radius 3 is 2.24 bits per heavy atom. The second-order valence-electron chi connectivity index (χ2n) is 8.55. The summed E-state index contributed by atoms with van der Waals surface area (Å²) in [6, 6.07) is 12.6. The van der Waals surface area contributed by atoms with E-state index in [2.05, 4.69) is 0 Å². The fourth-order valence-electron chi connectivity index (χ4n) is 4.60.